The SMILES string of the molecule is COC(=O)[C@H]1O[C@@H](O)[C@H](O)[C@@H](OC(C)=O)[C@H]1OC(C)=O. The van der Waals surface area contributed by atoms with E-state index < -0.39 is 48.6 Å². The molecule has 9 nitrogen and oxygen atoms in total. The van der Waals surface area contributed by atoms with Gasteiger partial charge in [0.15, 0.2) is 24.6 Å². The van der Waals surface area contributed by atoms with Crippen molar-refractivity contribution in [2.24, 2.45) is 0 Å². The van der Waals surface area contributed by atoms with Gasteiger partial charge in [0.2, 0.25) is 0 Å². The van der Waals surface area contributed by atoms with Crippen molar-refractivity contribution in [3.63, 3.8) is 0 Å². The monoisotopic (exact) mass is 292 g/mol. The van der Waals surface area contributed by atoms with Gasteiger partial charge in [-0.2, -0.15) is 0 Å². The number of aliphatic hydroxyl groups is 2. The second kappa shape index (κ2) is 6.64. The molecule has 5 atom stereocenters. The van der Waals surface area contributed by atoms with Crippen molar-refractivity contribution in [1.29, 1.82) is 0 Å². The zero-order chi connectivity index (χ0) is 15.4. The molecule has 1 aliphatic rings. The zero-order valence-electron chi connectivity index (χ0n) is 11.1. The maximum Gasteiger partial charge on any atom is 0.339 e. The third kappa shape index (κ3) is 3.65. The van der Waals surface area contributed by atoms with Crippen LogP contribution in [0.1, 0.15) is 13.8 Å². The van der Waals surface area contributed by atoms with Crippen LogP contribution in [0.3, 0.4) is 0 Å². The second-order valence-electron chi connectivity index (χ2n) is 4.11. The molecule has 0 spiro atoms. The van der Waals surface area contributed by atoms with Crippen LogP contribution in [0.15, 0.2) is 0 Å². The molecule has 20 heavy (non-hydrogen) atoms. The predicted molar refractivity (Wildman–Crippen MR) is 60.0 cm³/mol. The van der Waals surface area contributed by atoms with Crippen molar-refractivity contribution in [3.8, 4) is 0 Å². The summed E-state index contributed by atoms with van der Waals surface area (Å²) in [6.07, 6.45) is -7.88. The van der Waals surface area contributed by atoms with Gasteiger partial charge in [-0.05, 0) is 0 Å². The van der Waals surface area contributed by atoms with Gasteiger partial charge in [-0.25, -0.2) is 4.79 Å². The van der Waals surface area contributed by atoms with Crippen LogP contribution in [0.2, 0.25) is 0 Å². The summed E-state index contributed by atoms with van der Waals surface area (Å²) >= 11 is 0. The fraction of sp³-hybridized carbons (Fsp3) is 0.727. The first-order valence-corrected chi connectivity index (χ1v) is 5.71. The van der Waals surface area contributed by atoms with E-state index >= 15 is 0 Å². The van der Waals surface area contributed by atoms with E-state index in [1.807, 2.05) is 0 Å². The summed E-state index contributed by atoms with van der Waals surface area (Å²) < 4.78 is 18.9. The molecule has 0 aromatic carbocycles. The van der Waals surface area contributed by atoms with Gasteiger partial charge in [0.1, 0.15) is 6.10 Å². The van der Waals surface area contributed by atoms with Gasteiger partial charge in [0.05, 0.1) is 7.11 Å². The molecule has 1 heterocycles. The molecule has 0 aromatic rings. The van der Waals surface area contributed by atoms with Gasteiger partial charge in [-0.1, -0.05) is 0 Å². The highest BCUT2D eigenvalue weighted by Crippen LogP contribution is 2.26. The zero-order valence-corrected chi connectivity index (χ0v) is 11.1. The number of ether oxygens (including phenoxy) is 4. The molecule has 0 aliphatic carbocycles. The summed E-state index contributed by atoms with van der Waals surface area (Å²) in [7, 11) is 1.06. The Morgan fingerprint density at radius 3 is 1.95 bits per heavy atom. The highest BCUT2D eigenvalue weighted by atomic mass is 16.7. The first kappa shape index (κ1) is 16.3. The number of hydrogen-bond acceptors (Lipinski definition) is 9. The third-order valence-electron chi connectivity index (χ3n) is 2.57. The maximum atomic E-state index is 11.6. The summed E-state index contributed by atoms with van der Waals surface area (Å²) in [4.78, 5) is 33.7. The third-order valence-corrected chi connectivity index (χ3v) is 2.57. The van der Waals surface area contributed by atoms with Gasteiger partial charge in [0, 0.05) is 13.8 Å². The number of carbonyl (C=O) groups excluding carboxylic acids is 3. The van der Waals surface area contributed by atoms with Crippen LogP contribution in [0, 0.1) is 0 Å². The van der Waals surface area contributed by atoms with Crippen LogP contribution in [0.5, 0.6) is 0 Å². The molecule has 2 N–H and O–H groups in total. The first-order chi connectivity index (χ1) is 9.27. The Labute approximate surface area is 114 Å². The van der Waals surface area contributed by atoms with E-state index in [9.17, 15) is 24.6 Å². The lowest BCUT2D eigenvalue weighted by Gasteiger charge is -2.40. The minimum Gasteiger partial charge on any atom is -0.467 e. The van der Waals surface area contributed by atoms with Gasteiger partial charge in [0.25, 0.3) is 0 Å². The molecule has 0 amide bonds. The number of aliphatic hydroxyl groups excluding tert-OH is 2. The Morgan fingerprint density at radius 1 is 1.00 bits per heavy atom. The smallest absolute Gasteiger partial charge is 0.339 e. The quantitative estimate of drug-likeness (QED) is 0.452. The largest absolute Gasteiger partial charge is 0.467 e. The van der Waals surface area contributed by atoms with Crippen LogP contribution in [0.4, 0.5) is 0 Å². The molecule has 9 heteroatoms. The summed E-state index contributed by atoms with van der Waals surface area (Å²) in [6, 6.07) is 0. The highest BCUT2D eigenvalue weighted by molar-refractivity contribution is 5.77. The molecule has 0 radical (unpaired) electrons. The van der Waals surface area contributed by atoms with Crippen LogP contribution in [-0.4, -0.2) is 65.9 Å². The fourth-order valence-corrected chi connectivity index (χ4v) is 1.79. The summed E-state index contributed by atoms with van der Waals surface area (Å²) in [5.41, 5.74) is 0. The lowest BCUT2D eigenvalue weighted by Crippen LogP contribution is -2.62. The highest BCUT2D eigenvalue weighted by Gasteiger charge is 2.52. The van der Waals surface area contributed by atoms with Gasteiger partial charge in [-0.3, -0.25) is 9.59 Å². The lowest BCUT2D eigenvalue weighted by molar-refractivity contribution is -0.286. The molecule has 1 rings (SSSR count). The number of esters is 3. The second-order valence-corrected chi connectivity index (χ2v) is 4.11. The van der Waals surface area contributed by atoms with Crippen molar-refractivity contribution in [2.45, 2.75) is 44.6 Å². The van der Waals surface area contributed by atoms with Gasteiger partial charge in [-0.15, -0.1) is 0 Å². The van der Waals surface area contributed by atoms with E-state index in [1.165, 1.54) is 0 Å². The molecule has 0 aromatic heterocycles. The van der Waals surface area contributed by atoms with Crippen LogP contribution >= 0.6 is 0 Å². The molecule has 0 bridgehead atoms. The lowest BCUT2D eigenvalue weighted by atomic mass is 9.98. The summed E-state index contributed by atoms with van der Waals surface area (Å²) in [5, 5.41) is 19.3. The molecule has 0 saturated carbocycles. The van der Waals surface area contributed by atoms with Crippen LogP contribution < -0.4 is 0 Å². The molecular formula is C11H16O9. The van der Waals surface area contributed by atoms with E-state index in [2.05, 4.69) is 4.74 Å². The van der Waals surface area contributed by atoms with Crippen molar-refractivity contribution in [2.75, 3.05) is 7.11 Å². The van der Waals surface area contributed by atoms with E-state index in [1.54, 1.807) is 0 Å². The molecule has 114 valence electrons. The van der Waals surface area contributed by atoms with Crippen molar-refractivity contribution < 1.29 is 43.5 Å². The van der Waals surface area contributed by atoms with Gasteiger partial charge < -0.3 is 29.2 Å². The van der Waals surface area contributed by atoms with E-state index in [4.69, 9.17) is 14.2 Å². The Balaban J connectivity index is 3.07. The number of rotatable bonds is 3. The molecule has 0 unspecified atom stereocenters. The Kier molecular flexibility index (Phi) is 5.43. The van der Waals surface area contributed by atoms with Gasteiger partial charge >= 0.3 is 17.9 Å². The number of methoxy groups -OCH3 is 1. The topological polar surface area (TPSA) is 129 Å². The fourth-order valence-electron chi connectivity index (χ4n) is 1.79. The van der Waals surface area contributed by atoms with E-state index in [-0.39, 0.29) is 0 Å². The van der Waals surface area contributed by atoms with E-state index in [0.29, 0.717) is 0 Å². The Morgan fingerprint density at radius 2 is 1.50 bits per heavy atom. The number of carbonyl (C=O) groups is 3. The molecular weight excluding hydrogens is 276 g/mol. The minimum atomic E-state index is -1.80. The van der Waals surface area contributed by atoms with Crippen LogP contribution in [-0.2, 0) is 33.3 Å². The molecule has 1 aliphatic heterocycles. The minimum absolute atomic E-state index is 0.784. The number of hydrogen-bond donors (Lipinski definition) is 2. The Bertz CT molecular complexity index is 393. The van der Waals surface area contributed by atoms with Crippen LogP contribution in [0.25, 0.3) is 0 Å². The Hall–Kier alpha value is -1.71. The van der Waals surface area contributed by atoms with Crippen molar-refractivity contribution in [1.82, 2.24) is 0 Å². The van der Waals surface area contributed by atoms with Crippen molar-refractivity contribution in [3.05, 3.63) is 0 Å². The van der Waals surface area contributed by atoms with E-state index in [0.717, 1.165) is 21.0 Å². The first-order valence-electron chi connectivity index (χ1n) is 5.71. The molecule has 1 saturated heterocycles. The summed E-state index contributed by atoms with van der Waals surface area (Å²) in [5.74, 6) is -2.52. The normalized spacial score (nSPS) is 33.1. The average molecular weight is 292 g/mol. The maximum absolute atomic E-state index is 11.6. The standard InChI is InChI=1S/C11H16O9/c1-4(12)18-7-6(14)10(15)20-9(11(16)17-3)8(7)19-5(2)13/h6-10,14-15H,1-3H3/t6-,7-,8-,9+,10-/m1/s1. The molecule has 1 fully saturated rings. The average Bonchev–Trinajstić information content (AvgIpc) is 2.36. The predicted octanol–water partition coefficient (Wildman–Crippen LogP) is -1.90. The summed E-state index contributed by atoms with van der Waals surface area (Å²) in [6.45, 7) is 2.13. The van der Waals surface area contributed by atoms with Crippen molar-refractivity contribution >= 4 is 17.9 Å².